The van der Waals surface area contributed by atoms with Crippen molar-refractivity contribution in [2.24, 2.45) is 0 Å². The molecule has 6 heteroatoms. The molecule has 0 aliphatic heterocycles. The van der Waals surface area contributed by atoms with Crippen LogP contribution < -0.4 is 10.1 Å². The second kappa shape index (κ2) is 8.52. The summed E-state index contributed by atoms with van der Waals surface area (Å²) < 4.78 is 10.7. The summed E-state index contributed by atoms with van der Waals surface area (Å²) in [6.45, 7) is 5.56. The maximum atomic E-state index is 12.6. The molecule has 0 spiro atoms. The number of nitrogens with one attached hydrogen (secondary N) is 1. The average molecular weight is 378 g/mol. The number of rotatable bonds is 6. The van der Waals surface area contributed by atoms with Crippen LogP contribution in [0.3, 0.4) is 0 Å². The van der Waals surface area contributed by atoms with Gasteiger partial charge in [-0.3, -0.25) is 9.78 Å². The number of amides is 1. The minimum absolute atomic E-state index is 0.390. The van der Waals surface area contributed by atoms with E-state index in [0.29, 0.717) is 29.3 Å². The topological polar surface area (TPSA) is 77.5 Å². The van der Waals surface area contributed by atoms with E-state index in [4.69, 9.17) is 9.47 Å². The van der Waals surface area contributed by atoms with Gasteiger partial charge in [-0.25, -0.2) is 4.79 Å². The number of carbonyl (C=O) groups excluding carboxylic acids is 2. The summed E-state index contributed by atoms with van der Waals surface area (Å²) in [6.07, 6.45) is 0. The van der Waals surface area contributed by atoms with Crippen molar-refractivity contribution >= 4 is 28.5 Å². The van der Waals surface area contributed by atoms with Crippen LogP contribution in [0, 0.1) is 13.8 Å². The second-order valence-corrected chi connectivity index (χ2v) is 6.27. The minimum Gasteiger partial charge on any atom is -0.492 e. The van der Waals surface area contributed by atoms with E-state index < -0.39 is 18.5 Å². The van der Waals surface area contributed by atoms with Gasteiger partial charge in [-0.2, -0.15) is 0 Å². The smallest absolute Gasteiger partial charge is 0.340 e. The molecular formula is C22H22N2O4. The molecule has 28 heavy (non-hydrogen) atoms. The molecule has 1 heterocycles. The third-order valence-corrected chi connectivity index (χ3v) is 4.33. The van der Waals surface area contributed by atoms with Crippen LogP contribution in [0.25, 0.3) is 10.9 Å². The predicted molar refractivity (Wildman–Crippen MR) is 108 cm³/mol. The number of fused-ring (bicyclic) bond motifs is 1. The number of ether oxygens (including phenoxy) is 2. The van der Waals surface area contributed by atoms with E-state index in [9.17, 15) is 9.59 Å². The maximum Gasteiger partial charge on any atom is 0.340 e. The van der Waals surface area contributed by atoms with Gasteiger partial charge in [0.2, 0.25) is 0 Å². The van der Waals surface area contributed by atoms with Crippen molar-refractivity contribution < 1.29 is 19.1 Å². The van der Waals surface area contributed by atoms with Crippen LogP contribution >= 0.6 is 0 Å². The van der Waals surface area contributed by atoms with Crippen LogP contribution in [0.2, 0.25) is 0 Å². The first-order valence-electron chi connectivity index (χ1n) is 9.06. The molecule has 0 aliphatic carbocycles. The van der Waals surface area contributed by atoms with Gasteiger partial charge in [-0.15, -0.1) is 0 Å². The first kappa shape index (κ1) is 19.4. The summed E-state index contributed by atoms with van der Waals surface area (Å²) in [4.78, 5) is 29.3. The molecule has 0 aliphatic rings. The molecule has 0 unspecified atom stereocenters. The van der Waals surface area contributed by atoms with Crippen LogP contribution in [-0.4, -0.2) is 30.1 Å². The fourth-order valence-corrected chi connectivity index (χ4v) is 3.07. The summed E-state index contributed by atoms with van der Waals surface area (Å²) in [6, 6.07) is 14.7. The molecule has 2 aromatic carbocycles. The first-order chi connectivity index (χ1) is 13.5. The zero-order chi connectivity index (χ0) is 20.1. The Morgan fingerprint density at radius 3 is 2.54 bits per heavy atom. The Morgan fingerprint density at radius 2 is 1.75 bits per heavy atom. The van der Waals surface area contributed by atoms with Crippen LogP contribution in [0.1, 0.15) is 28.5 Å². The number of nitrogens with zero attached hydrogens (tertiary/aromatic N) is 1. The van der Waals surface area contributed by atoms with E-state index in [1.165, 1.54) is 0 Å². The zero-order valence-corrected chi connectivity index (χ0v) is 16.1. The van der Waals surface area contributed by atoms with Crippen molar-refractivity contribution in [3.63, 3.8) is 0 Å². The number of benzene rings is 2. The van der Waals surface area contributed by atoms with Gasteiger partial charge in [0.15, 0.2) is 6.61 Å². The maximum absolute atomic E-state index is 12.6. The van der Waals surface area contributed by atoms with Crippen LogP contribution in [0.15, 0.2) is 48.5 Å². The molecule has 1 aromatic heterocycles. The van der Waals surface area contributed by atoms with E-state index >= 15 is 0 Å². The lowest BCUT2D eigenvalue weighted by Crippen LogP contribution is -2.22. The number of anilines is 1. The number of aromatic nitrogens is 1. The third kappa shape index (κ3) is 4.11. The van der Waals surface area contributed by atoms with Crippen LogP contribution in [0.5, 0.6) is 5.75 Å². The number of carbonyl (C=O) groups is 2. The highest BCUT2D eigenvalue weighted by molar-refractivity contribution is 6.00. The Labute approximate surface area is 163 Å². The molecule has 0 radical (unpaired) electrons. The number of pyridine rings is 1. The van der Waals surface area contributed by atoms with Crippen molar-refractivity contribution in [3.8, 4) is 5.75 Å². The van der Waals surface area contributed by atoms with E-state index in [0.717, 1.165) is 16.5 Å². The number of hydrogen-bond acceptors (Lipinski definition) is 5. The largest absolute Gasteiger partial charge is 0.492 e. The molecule has 3 rings (SSSR count). The average Bonchev–Trinajstić information content (AvgIpc) is 2.68. The van der Waals surface area contributed by atoms with Gasteiger partial charge in [-0.05, 0) is 44.5 Å². The summed E-state index contributed by atoms with van der Waals surface area (Å²) in [5.41, 5.74) is 3.10. The van der Waals surface area contributed by atoms with Gasteiger partial charge < -0.3 is 14.8 Å². The summed E-state index contributed by atoms with van der Waals surface area (Å²) in [7, 11) is 0. The molecule has 0 saturated carbocycles. The Morgan fingerprint density at radius 1 is 1.04 bits per heavy atom. The second-order valence-electron chi connectivity index (χ2n) is 6.27. The summed E-state index contributed by atoms with van der Waals surface area (Å²) in [5.74, 6) is -0.443. The normalized spacial score (nSPS) is 10.5. The molecule has 0 bridgehead atoms. The fourth-order valence-electron chi connectivity index (χ4n) is 3.07. The Kier molecular flexibility index (Phi) is 5.89. The molecule has 0 fully saturated rings. The highest BCUT2D eigenvalue weighted by atomic mass is 16.5. The fraction of sp³-hybridized carbons (Fsp3) is 0.227. The van der Waals surface area contributed by atoms with Gasteiger partial charge >= 0.3 is 5.97 Å². The summed E-state index contributed by atoms with van der Waals surface area (Å²) in [5, 5.41) is 3.59. The first-order valence-corrected chi connectivity index (χ1v) is 9.06. The van der Waals surface area contributed by atoms with Gasteiger partial charge in [0, 0.05) is 5.39 Å². The van der Waals surface area contributed by atoms with Crippen molar-refractivity contribution in [1.29, 1.82) is 0 Å². The lowest BCUT2D eigenvalue weighted by atomic mass is 10.0. The molecule has 0 atom stereocenters. The van der Waals surface area contributed by atoms with E-state index in [-0.39, 0.29) is 0 Å². The molecule has 3 aromatic rings. The van der Waals surface area contributed by atoms with Crippen molar-refractivity contribution in [1.82, 2.24) is 4.98 Å². The Balaban J connectivity index is 1.71. The number of esters is 1. The van der Waals surface area contributed by atoms with E-state index in [1.54, 1.807) is 25.1 Å². The standard InChI is InChI=1S/C22H22N2O4/c1-4-27-19-12-8-7-11-18(19)24-20(25)13-28-22(26)21-14(2)16-9-5-6-10-17(16)23-15(21)3/h5-12H,4,13H2,1-3H3,(H,24,25). The number of hydrogen-bond donors (Lipinski definition) is 1. The molecule has 0 saturated heterocycles. The van der Waals surface area contributed by atoms with Crippen molar-refractivity contribution in [2.75, 3.05) is 18.5 Å². The quantitative estimate of drug-likeness (QED) is 0.655. The lowest BCUT2D eigenvalue weighted by Gasteiger charge is -2.13. The SMILES string of the molecule is CCOc1ccccc1NC(=O)COC(=O)c1c(C)nc2ccccc2c1C. The predicted octanol–water partition coefficient (Wildman–Crippen LogP) is 4.05. The van der Waals surface area contributed by atoms with Crippen LogP contribution in [-0.2, 0) is 9.53 Å². The minimum atomic E-state index is -0.568. The highest BCUT2D eigenvalue weighted by Crippen LogP contribution is 2.24. The molecule has 1 N–H and O–H groups in total. The third-order valence-electron chi connectivity index (χ3n) is 4.33. The number of para-hydroxylation sites is 3. The van der Waals surface area contributed by atoms with Crippen molar-refractivity contribution in [3.05, 3.63) is 65.4 Å². The highest BCUT2D eigenvalue weighted by Gasteiger charge is 2.19. The molecule has 6 nitrogen and oxygen atoms in total. The van der Waals surface area contributed by atoms with Crippen molar-refractivity contribution in [2.45, 2.75) is 20.8 Å². The molecular weight excluding hydrogens is 356 g/mol. The van der Waals surface area contributed by atoms with Crippen LogP contribution in [0.4, 0.5) is 5.69 Å². The summed E-state index contributed by atoms with van der Waals surface area (Å²) >= 11 is 0. The van der Waals surface area contributed by atoms with Gasteiger partial charge in [0.05, 0.1) is 29.1 Å². The van der Waals surface area contributed by atoms with Gasteiger partial charge in [0.1, 0.15) is 5.75 Å². The number of aryl methyl sites for hydroxylation is 2. The molecule has 144 valence electrons. The monoisotopic (exact) mass is 378 g/mol. The van der Waals surface area contributed by atoms with Gasteiger partial charge in [0.25, 0.3) is 5.91 Å². The Hall–Kier alpha value is -3.41. The Bertz CT molecular complexity index is 1030. The van der Waals surface area contributed by atoms with E-state index in [2.05, 4.69) is 10.3 Å². The zero-order valence-electron chi connectivity index (χ0n) is 16.1. The lowest BCUT2D eigenvalue weighted by molar-refractivity contribution is -0.119. The van der Waals surface area contributed by atoms with E-state index in [1.807, 2.05) is 44.2 Å². The molecule has 1 amide bonds. The van der Waals surface area contributed by atoms with Gasteiger partial charge in [-0.1, -0.05) is 30.3 Å².